The normalized spacial score (nSPS) is 10.7. The molecule has 0 heterocycles. The van der Waals surface area contributed by atoms with Gasteiger partial charge in [0.25, 0.3) is 0 Å². The largest absolute Gasteiger partial charge is 0.478 e. The second-order valence-electron chi connectivity index (χ2n) is 5.05. The van der Waals surface area contributed by atoms with Crippen molar-refractivity contribution in [3.05, 3.63) is 71.3 Å². The van der Waals surface area contributed by atoms with Gasteiger partial charge in [-0.15, -0.1) is 0 Å². The Hall–Kier alpha value is -2.17. The fourth-order valence-electron chi connectivity index (χ4n) is 2.18. The molecule has 0 unspecified atom stereocenters. The lowest BCUT2D eigenvalue weighted by molar-refractivity contribution is -0.120. The molecule has 7 heteroatoms. The number of carbonyl (C=O) groups is 2. The fraction of sp³-hybridized carbons (Fsp3) is 0.176. The van der Waals surface area contributed by atoms with E-state index in [9.17, 15) is 9.59 Å². The van der Waals surface area contributed by atoms with Gasteiger partial charge in [0, 0.05) is 0 Å². The highest BCUT2D eigenvalue weighted by Gasteiger charge is 2.09. The second kappa shape index (κ2) is 10.6. The average molecular weight is 345 g/mol. The highest BCUT2D eigenvalue weighted by atomic mass is 27.0. The summed E-state index contributed by atoms with van der Waals surface area (Å²) in [5, 5.41) is 11.9. The van der Waals surface area contributed by atoms with Crippen molar-refractivity contribution < 1.29 is 25.6 Å². The summed E-state index contributed by atoms with van der Waals surface area (Å²) < 4.78 is 0. The zero-order valence-corrected chi connectivity index (χ0v) is 14.2. The molecule has 2 radical (unpaired) electrons. The van der Waals surface area contributed by atoms with Crippen molar-refractivity contribution in [1.29, 1.82) is 0 Å². The molecule has 0 spiro atoms. The molecular weight excluding hydrogens is 325 g/mol. The number of carboxylic acid groups (broad SMARTS) is 1. The van der Waals surface area contributed by atoms with Crippen molar-refractivity contribution in [3.63, 3.8) is 0 Å². The van der Waals surface area contributed by atoms with Crippen LogP contribution in [-0.2, 0) is 17.6 Å². The minimum Gasteiger partial charge on any atom is -0.478 e. The van der Waals surface area contributed by atoms with Crippen LogP contribution in [0.25, 0.3) is 0 Å². The highest BCUT2D eigenvalue weighted by molar-refractivity contribution is 6.13. The highest BCUT2D eigenvalue weighted by Crippen LogP contribution is 2.07. The van der Waals surface area contributed by atoms with Crippen LogP contribution < -0.4 is 5.32 Å². The minimum absolute atomic E-state index is 0. The van der Waals surface area contributed by atoms with Gasteiger partial charge in [0.2, 0.25) is 5.91 Å². The van der Waals surface area contributed by atoms with Crippen LogP contribution in [0.5, 0.6) is 0 Å². The first-order valence-corrected chi connectivity index (χ1v) is 7.62. The molecule has 2 aromatic carbocycles. The Morgan fingerprint density at radius 3 is 2.25 bits per heavy atom. The summed E-state index contributed by atoms with van der Waals surface area (Å²) >= 11 is 2.58. The quantitative estimate of drug-likeness (QED) is 0.722. The van der Waals surface area contributed by atoms with Gasteiger partial charge >= 0.3 is 5.97 Å². The van der Waals surface area contributed by atoms with Crippen LogP contribution >= 0.6 is 0 Å². The van der Waals surface area contributed by atoms with E-state index < -0.39 is 5.97 Å². The number of benzene rings is 2. The van der Waals surface area contributed by atoms with Crippen LogP contribution in [0.15, 0.2) is 54.6 Å². The smallest absolute Gasteiger partial charge is 0.335 e. The van der Waals surface area contributed by atoms with Crippen LogP contribution in [0.1, 0.15) is 21.5 Å². The van der Waals surface area contributed by atoms with E-state index in [1.54, 1.807) is 18.2 Å². The maximum Gasteiger partial charge on any atom is 0.335 e. The SMILES string of the molecule is O.O.O=C(Cc1ccccc1)N[C@H]([Al])Cc1cccc(C(=O)O)c1. The molecule has 0 saturated heterocycles. The van der Waals surface area contributed by atoms with E-state index in [1.807, 2.05) is 36.4 Å². The minimum atomic E-state index is -0.949. The van der Waals surface area contributed by atoms with Crippen molar-refractivity contribution in [3.8, 4) is 0 Å². The fourth-order valence-corrected chi connectivity index (χ4v) is 2.63. The molecule has 6 N–H and O–H groups in total. The first-order chi connectivity index (χ1) is 10.5. The molecule has 1 amide bonds. The Morgan fingerprint density at radius 2 is 1.62 bits per heavy atom. The Labute approximate surface area is 148 Å². The molecule has 2 aromatic rings. The van der Waals surface area contributed by atoms with Gasteiger partial charge in [-0.3, -0.25) is 4.79 Å². The van der Waals surface area contributed by atoms with Gasteiger partial charge in [0.05, 0.1) is 12.0 Å². The number of carbonyl (C=O) groups excluding carboxylic acids is 1. The first kappa shape index (κ1) is 21.8. The summed E-state index contributed by atoms with van der Waals surface area (Å²) in [6.07, 6.45) is 0.896. The Balaban J connectivity index is 0.00000264. The maximum absolute atomic E-state index is 12.0. The van der Waals surface area contributed by atoms with Crippen LogP contribution in [-0.4, -0.2) is 49.1 Å². The number of amides is 1. The molecular formula is C17H20AlNO5. The predicted octanol–water partition coefficient (Wildman–Crippen LogP) is 0.131. The van der Waals surface area contributed by atoms with Gasteiger partial charge in [0.1, 0.15) is 0 Å². The van der Waals surface area contributed by atoms with E-state index >= 15 is 0 Å². The van der Waals surface area contributed by atoms with E-state index in [0.29, 0.717) is 12.8 Å². The Morgan fingerprint density at radius 1 is 1.00 bits per heavy atom. The van der Waals surface area contributed by atoms with E-state index in [2.05, 4.69) is 21.6 Å². The third kappa shape index (κ3) is 6.94. The van der Waals surface area contributed by atoms with Crippen LogP contribution in [0, 0.1) is 0 Å². The topological polar surface area (TPSA) is 129 Å². The van der Waals surface area contributed by atoms with Gasteiger partial charge < -0.3 is 21.4 Å². The van der Waals surface area contributed by atoms with Gasteiger partial charge in [-0.25, -0.2) is 4.79 Å². The zero-order chi connectivity index (χ0) is 15.9. The first-order valence-electron chi connectivity index (χ1n) is 6.95. The monoisotopic (exact) mass is 345 g/mol. The Bertz CT molecular complexity index is 663. The van der Waals surface area contributed by atoms with Crippen molar-refractivity contribution in [2.45, 2.75) is 17.7 Å². The van der Waals surface area contributed by atoms with Crippen molar-refractivity contribution in [2.75, 3.05) is 0 Å². The lowest BCUT2D eigenvalue weighted by Crippen LogP contribution is -2.37. The lowest BCUT2D eigenvalue weighted by Gasteiger charge is -2.15. The molecule has 0 fully saturated rings. The number of hydrogen-bond acceptors (Lipinski definition) is 2. The third-order valence-corrected chi connectivity index (χ3v) is 3.59. The van der Waals surface area contributed by atoms with Gasteiger partial charge in [-0.1, -0.05) is 42.5 Å². The summed E-state index contributed by atoms with van der Waals surface area (Å²) in [4.78, 5) is 22.8. The number of rotatable bonds is 6. The number of carboxylic acids is 1. The molecule has 2 rings (SSSR count). The summed E-state index contributed by atoms with van der Waals surface area (Å²) in [5.74, 6) is -1.00. The molecule has 24 heavy (non-hydrogen) atoms. The molecule has 6 nitrogen and oxygen atoms in total. The third-order valence-electron chi connectivity index (χ3n) is 3.18. The van der Waals surface area contributed by atoms with Crippen molar-refractivity contribution >= 4 is 28.2 Å². The molecule has 0 aromatic heterocycles. The van der Waals surface area contributed by atoms with Crippen molar-refractivity contribution in [1.82, 2.24) is 5.32 Å². The van der Waals surface area contributed by atoms with E-state index in [1.165, 1.54) is 0 Å². The number of hydrogen-bond donors (Lipinski definition) is 2. The molecule has 0 aliphatic carbocycles. The lowest BCUT2D eigenvalue weighted by atomic mass is 10.1. The number of aromatic carboxylic acids is 1. The van der Waals surface area contributed by atoms with E-state index in [0.717, 1.165) is 11.1 Å². The molecule has 0 saturated carbocycles. The molecule has 1 atom stereocenters. The maximum atomic E-state index is 12.0. The summed E-state index contributed by atoms with van der Waals surface area (Å²) in [7, 11) is 0. The van der Waals surface area contributed by atoms with Gasteiger partial charge in [-0.05, 0) is 34.6 Å². The average Bonchev–Trinajstić information content (AvgIpc) is 2.48. The molecule has 0 aliphatic rings. The second-order valence-corrected chi connectivity index (χ2v) is 5.85. The standard InChI is InChI=1S/C17H16NO3.Al.2H2O/c19-16(12-13-5-2-1-3-6-13)18-10-9-14-7-4-8-15(11-14)17(20)21;;;/h1-8,10-11H,9,12H2,(H,18,19)(H,20,21);;2*1H2. The van der Waals surface area contributed by atoms with Gasteiger partial charge in [-0.2, -0.15) is 0 Å². The zero-order valence-electron chi connectivity index (χ0n) is 13.0. The van der Waals surface area contributed by atoms with E-state index in [4.69, 9.17) is 5.11 Å². The van der Waals surface area contributed by atoms with Crippen LogP contribution in [0.3, 0.4) is 0 Å². The van der Waals surface area contributed by atoms with Gasteiger partial charge in [0.15, 0.2) is 16.3 Å². The predicted molar refractivity (Wildman–Crippen MR) is 92.2 cm³/mol. The summed E-state index contributed by atoms with van der Waals surface area (Å²) in [6.45, 7) is 0. The summed E-state index contributed by atoms with van der Waals surface area (Å²) in [5.41, 5.74) is 2.09. The molecule has 0 bridgehead atoms. The van der Waals surface area contributed by atoms with Crippen molar-refractivity contribution in [2.24, 2.45) is 0 Å². The van der Waals surface area contributed by atoms with E-state index in [-0.39, 0.29) is 27.3 Å². The summed E-state index contributed by atoms with van der Waals surface area (Å²) in [6, 6.07) is 16.3. The number of nitrogens with one attached hydrogen (secondary N) is 1. The van der Waals surface area contributed by atoms with Crippen LogP contribution in [0.4, 0.5) is 0 Å². The Kier molecular flexibility index (Phi) is 9.62. The molecule has 126 valence electrons. The molecule has 0 aliphatic heterocycles. The van der Waals surface area contributed by atoms with Crippen LogP contribution in [0.2, 0.25) is 0 Å².